The molecule has 98 valence electrons. The van der Waals surface area contributed by atoms with Crippen molar-refractivity contribution in [1.82, 2.24) is 4.90 Å². The minimum atomic E-state index is -0.542. The van der Waals surface area contributed by atoms with E-state index in [1.54, 1.807) is 4.90 Å². The highest BCUT2D eigenvalue weighted by Crippen LogP contribution is 2.17. The van der Waals surface area contributed by atoms with Crippen LogP contribution in [0.1, 0.15) is 12.0 Å². The van der Waals surface area contributed by atoms with Gasteiger partial charge in [-0.1, -0.05) is 0 Å². The van der Waals surface area contributed by atoms with E-state index >= 15 is 0 Å². The molecule has 1 atom stereocenters. The van der Waals surface area contributed by atoms with Gasteiger partial charge in [0, 0.05) is 18.7 Å². The van der Waals surface area contributed by atoms with Gasteiger partial charge in [-0.15, -0.1) is 0 Å². The molecule has 1 heterocycles. The second-order valence-electron chi connectivity index (χ2n) is 4.64. The van der Waals surface area contributed by atoms with Crippen molar-refractivity contribution >= 4 is 5.91 Å². The van der Waals surface area contributed by atoms with Gasteiger partial charge < -0.3 is 10.6 Å². The van der Waals surface area contributed by atoms with E-state index in [-0.39, 0.29) is 17.9 Å². The van der Waals surface area contributed by atoms with Crippen molar-refractivity contribution in [2.75, 3.05) is 19.6 Å². The predicted molar refractivity (Wildman–Crippen MR) is 63.8 cm³/mol. The molecule has 0 saturated carbocycles. The second-order valence-corrected chi connectivity index (χ2v) is 4.64. The maximum Gasteiger partial charge on any atom is 0.227 e. The van der Waals surface area contributed by atoms with Gasteiger partial charge in [0.2, 0.25) is 5.91 Å². The molecule has 0 radical (unpaired) electrons. The SMILES string of the molecule is NC[C@H]1CCN(C(=O)Cc2cc(F)ccc2F)C1. The molecule has 1 aliphatic heterocycles. The Labute approximate surface area is 105 Å². The van der Waals surface area contributed by atoms with Crippen LogP contribution >= 0.6 is 0 Å². The normalized spacial score (nSPS) is 19.3. The number of nitrogens with zero attached hydrogens (tertiary/aromatic N) is 1. The third-order valence-electron chi connectivity index (χ3n) is 3.32. The van der Waals surface area contributed by atoms with Crippen molar-refractivity contribution in [3.63, 3.8) is 0 Å². The molecule has 1 aliphatic rings. The Hall–Kier alpha value is -1.49. The minimum Gasteiger partial charge on any atom is -0.342 e. The Morgan fingerprint density at radius 3 is 2.89 bits per heavy atom. The van der Waals surface area contributed by atoms with Crippen LogP contribution in [0.5, 0.6) is 0 Å². The average Bonchev–Trinajstić information content (AvgIpc) is 2.82. The maximum atomic E-state index is 13.4. The molecule has 1 saturated heterocycles. The number of nitrogens with two attached hydrogens (primary N) is 1. The highest BCUT2D eigenvalue weighted by atomic mass is 19.1. The van der Waals surface area contributed by atoms with E-state index in [0.717, 1.165) is 24.6 Å². The van der Waals surface area contributed by atoms with Gasteiger partial charge in [0.15, 0.2) is 0 Å². The van der Waals surface area contributed by atoms with E-state index < -0.39 is 11.6 Å². The van der Waals surface area contributed by atoms with Crippen molar-refractivity contribution in [2.45, 2.75) is 12.8 Å². The first kappa shape index (κ1) is 13.0. The maximum absolute atomic E-state index is 13.4. The number of benzene rings is 1. The third-order valence-corrected chi connectivity index (χ3v) is 3.32. The monoisotopic (exact) mass is 254 g/mol. The first-order chi connectivity index (χ1) is 8.60. The van der Waals surface area contributed by atoms with Crippen LogP contribution in [-0.4, -0.2) is 30.4 Å². The molecule has 3 nitrogen and oxygen atoms in total. The van der Waals surface area contributed by atoms with Crippen LogP contribution in [0.15, 0.2) is 18.2 Å². The minimum absolute atomic E-state index is 0.0963. The number of rotatable bonds is 3. The molecule has 1 aromatic carbocycles. The van der Waals surface area contributed by atoms with Crippen molar-refractivity contribution in [3.05, 3.63) is 35.4 Å². The highest BCUT2D eigenvalue weighted by molar-refractivity contribution is 5.79. The Balaban J connectivity index is 2.01. The van der Waals surface area contributed by atoms with Crippen LogP contribution in [0, 0.1) is 17.6 Å². The lowest BCUT2D eigenvalue weighted by atomic mass is 10.1. The molecule has 0 unspecified atom stereocenters. The number of hydrogen-bond acceptors (Lipinski definition) is 2. The Morgan fingerprint density at radius 1 is 1.44 bits per heavy atom. The van der Waals surface area contributed by atoms with Gasteiger partial charge in [0.25, 0.3) is 0 Å². The van der Waals surface area contributed by atoms with Crippen LogP contribution in [0.3, 0.4) is 0 Å². The van der Waals surface area contributed by atoms with Crippen LogP contribution in [0.2, 0.25) is 0 Å². The summed E-state index contributed by atoms with van der Waals surface area (Å²) in [6.45, 7) is 1.82. The number of likely N-dealkylation sites (tertiary alicyclic amines) is 1. The largest absolute Gasteiger partial charge is 0.342 e. The molecular weight excluding hydrogens is 238 g/mol. The zero-order valence-corrected chi connectivity index (χ0v) is 10.0. The van der Waals surface area contributed by atoms with E-state index in [1.807, 2.05) is 0 Å². The van der Waals surface area contributed by atoms with E-state index in [4.69, 9.17) is 5.73 Å². The van der Waals surface area contributed by atoms with Gasteiger partial charge >= 0.3 is 0 Å². The molecular formula is C13H16F2N2O. The molecule has 2 N–H and O–H groups in total. The van der Waals surface area contributed by atoms with E-state index in [9.17, 15) is 13.6 Å². The summed E-state index contributed by atoms with van der Waals surface area (Å²) in [5.74, 6) is -0.915. The fourth-order valence-corrected chi connectivity index (χ4v) is 2.21. The van der Waals surface area contributed by atoms with Crippen LogP contribution in [-0.2, 0) is 11.2 Å². The van der Waals surface area contributed by atoms with E-state index in [1.165, 1.54) is 0 Å². The van der Waals surface area contributed by atoms with Gasteiger partial charge in [-0.2, -0.15) is 0 Å². The summed E-state index contributed by atoms with van der Waals surface area (Å²) in [5, 5.41) is 0. The van der Waals surface area contributed by atoms with E-state index in [2.05, 4.69) is 0 Å². The first-order valence-corrected chi connectivity index (χ1v) is 6.02. The molecule has 18 heavy (non-hydrogen) atoms. The van der Waals surface area contributed by atoms with Crippen molar-refractivity contribution < 1.29 is 13.6 Å². The standard InChI is InChI=1S/C13H16F2N2O/c14-11-1-2-12(15)10(5-11)6-13(18)17-4-3-9(7-16)8-17/h1-2,5,9H,3-4,6-8,16H2/t9-/m1/s1. The summed E-state index contributed by atoms with van der Waals surface area (Å²) >= 11 is 0. The second kappa shape index (κ2) is 5.44. The first-order valence-electron chi connectivity index (χ1n) is 6.02. The third kappa shape index (κ3) is 2.85. The molecule has 1 aromatic rings. The van der Waals surface area contributed by atoms with Gasteiger partial charge in [0.05, 0.1) is 6.42 Å². The lowest BCUT2D eigenvalue weighted by Gasteiger charge is -2.16. The number of hydrogen-bond donors (Lipinski definition) is 1. The number of halogens is 2. The predicted octanol–water partition coefficient (Wildman–Crippen LogP) is 1.31. The van der Waals surface area contributed by atoms with Gasteiger partial charge in [-0.25, -0.2) is 8.78 Å². The fourth-order valence-electron chi connectivity index (χ4n) is 2.21. The molecule has 0 aromatic heterocycles. The van der Waals surface area contributed by atoms with Crippen LogP contribution in [0.4, 0.5) is 8.78 Å². The van der Waals surface area contributed by atoms with Crippen molar-refractivity contribution in [2.24, 2.45) is 11.7 Å². The molecule has 0 aliphatic carbocycles. The lowest BCUT2D eigenvalue weighted by Crippen LogP contribution is -2.31. The number of carbonyl (C=O) groups excluding carboxylic acids is 1. The summed E-state index contributed by atoms with van der Waals surface area (Å²) in [7, 11) is 0. The van der Waals surface area contributed by atoms with Crippen LogP contribution < -0.4 is 5.73 Å². The Morgan fingerprint density at radius 2 is 2.22 bits per heavy atom. The average molecular weight is 254 g/mol. The quantitative estimate of drug-likeness (QED) is 0.884. The van der Waals surface area contributed by atoms with Crippen LogP contribution in [0.25, 0.3) is 0 Å². The topological polar surface area (TPSA) is 46.3 Å². The molecule has 2 rings (SSSR count). The Kier molecular flexibility index (Phi) is 3.91. The fraction of sp³-hybridized carbons (Fsp3) is 0.462. The summed E-state index contributed by atoms with van der Waals surface area (Å²) in [5.41, 5.74) is 5.65. The Bertz CT molecular complexity index is 451. The number of amides is 1. The lowest BCUT2D eigenvalue weighted by molar-refractivity contribution is -0.129. The molecule has 5 heteroatoms. The van der Waals surface area contributed by atoms with Gasteiger partial charge in [-0.05, 0) is 37.1 Å². The zero-order chi connectivity index (χ0) is 13.1. The summed E-state index contributed by atoms with van der Waals surface area (Å²) in [6, 6.07) is 3.16. The molecule has 1 amide bonds. The summed E-state index contributed by atoms with van der Waals surface area (Å²) in [6.07, 6.45) is 0.786. The molecule has 1 fully saturated rings. The van der Waals surface area contributed by atoms with Gasteiger partial charge in [-0.3, -0.25) is 4.79 Å². The molecule has 0 bridgehead atoms. The van der Waals surface area contributed by atoms with Gasteiger partial charge in [0.1, 0.15) is 11.6 Å². The molecule has 0 spiro atoms. The number of carbonyl (C=O) groups is 1. The van der Waals surface area contributed by atoms with E-state index in [0.29, 0.717) is 25.6 Å². The summed E-state index contributed by atoms with van der Waals surface area (Å²) in [4.78, 5) is 13.6. The van der Waals surface area contributed by atoms with Crippen molar-refractivity contribution in [3.8, 4) is 0 Å². The highest BCUT2D eigenvalue weighted by Gasteiger charge is 2.25. The zero-order valence-electron chi connectivity index (χ0n) is 10.0. The van der Waals surface area contributed by atoms with Crippen molar-refractivity contribution in [1.29, 1.82) is 0 Å². The smallest absolute Gasteiger partial charge is 0.227 e. The summed E-state index contributed by atoms with van der Waals surface area (Å²) < 4.78 is 26.4.